The number of amides is 1. The van der Waals surface area contributed by atoms with Gasteiger partial charge in [0, 0.05) is 20.4 Å². The first-order chi connectivity index (χ1) is 16.5. The van der Waals surface area contributed by atoms with Crippen molar-refractivity contribution < 1.29 is 19.4 Å². The summed E-state index contributed by atoms with van der Waals surface area (Å²) in [4.78, 5) is 23.8. The molecule has 0 saturated carbocycles. The Labute approximate surface area is 227 Å². The number of carbonyl (C=O) groups excluding carboxylic acids is 1. The zero-order valence-electron chi connectivity index (χ0n) is 21.7. The average Bonchev–Trinajstić information content (AvgIpc) is 3.26. The highest BCUT2D eigenvalue weighted by Gasteiger charge is 2.55. The maximum atomic E-state index is 12.0. The van der Waals surface area contributed by atoms with Crippen LogP contribution in [0, 0.1) is 13.8 Å². The summed E-state index contributed by atoms with van der Waals surface area (Å²) in [5, 5.41) is 19.1. The fourth-order valence-electron chi connectivity index (χ4n) is 3.94. The minimum atomic E-state index is -0.959. The summed E-state index contributed by atoms with van der Waals surface area (Å²) in [6.07, 6.45) is 0.223. The van der Waals surface area contributed by atoms with Gasteiger partial charge in [0.05, 0.1) is 23.0 Å². The number of benzene rings is 2. The number of rotatable bonds is 0. The SMILES string of the molecule is Cc1cc2c(cc1Br)C=N[N+]2(C(=O)O)C(C)(C)C.Cc1nn(C(=O)OC(C)(C)C)c2ccc(Br)cc12. The Morgan fingerprint density at radius 2 is 1.67 bits per heavy atom. The normalized spacial score (nSPS) is 16.9. The van der Waals surface area contributed by atoms with Crippen LogP contribution >= 0.6 is 31.9 Å². The maximum absolute atomic E-state index is 12.0. The van der Waals surface area contributed by atoms with E-state index in [4.69, 9.17) is 4.74 Å². The highest BCUT2D eigenvalue weighted by atomic mass is 79.9. The third kappa shape index (κ3) is 5.26. The standard InChI is InChI=1S/2C13H15BrN2O2/c1-8-5-11-9(6-10(8)14)7-15-16(11,12(17)18)13(2,3)4;1-8-10-7-9(14)5-6-11(10)16(15-8)12(17)18-13(2,3)4/h2*5-7H,1-4H3/p+1. The van der Waals surface area contributed by atoms with E-state index in [-0.39, 0.29) is 0 Å². The minimum Gasteiger partial charge on any atom is -0.442 e. The molecule has 1 aliphatic heterocycles. The van der Waals surface area contributed by atoms with Crippen LogP contribution in [0.1, 0.15) is 58.4 Å². The van der Waals surface area contributed by atoms with Crippen molar-refractivity contribution >= 4 is 66.9 Å². The van der Waals surface area contributed by atoms with Crippen molar-refractivity contribution in [2.24, 2.45) is 5.10 Å². The lowest BCUT2D eigenvalue weighted by Gasteiger charge is -2.35. The summed E-state index contributed by atoms with van der Waals surface area (Å²) in [5.74, 6) is 0. The first-order valence-electron chi connectivity index (χ1n) is 11.3. The minimum absolute atomic E-state index is 0.406. The molecule has 0 bridgehead atoms. The topological polar surface area (TPSA) is 93.8 Å². The van der Waals surface area contributed by atoms with E-state index >= 15 is 0 Å². The Morgan fingerprint density at radius 1 is 1.03 bits per heavy atom. The van der Waals surface area contributed by atoms with E-state index in [1.807, 2.05) is 85.7 Å². The summed E-state index contributed by atoms with van der Waals surface area (Å²) < 4.78 is 8.15. The lowest BCUT2D eigenvalue weighted by Crippen LogP contribution is -2.60. The van der Waals surface area contributed by atoms with Gasteiger partial charge in [-0.3, -0.25) is 0 Å². The molecule has 1 atom stereocenters. The van der Waals surface area contributed by atoms with Gasteiger partial charge in [-0.25, -0.2) is 4.79 Å². The molecule has 1 unspecified atom stereocenters. The predicted octanol–water partition coefficient (Wildman–Crippen LogP) is 7.78. The molecular formula is C26H31Br2N4O4+. The van der Waals surface area contributed by atoms with Crippen molar-refractivity contribution in [3.63, 3.8) is 0 Å². The molecule has 1 N–H and O–H groups in total. The number of hydrogen-bond acceptors (Lipinski definition) is 5. The van der Waals surface area contributed by atoms with Crippen LogP contribution in [0.25, 0.3) is 10.9 Å². The first kappa shape index (κ1) is 28.0. The summed E-state index contributed by atoms with van der Waals surface area (Å²) in [7, 11) is 0. The number of hydrogen-bond donors (Lipinski definition) is 1. The maximum Gasteiger partial charge on any atom is 0.546 e. The quantitative estimate of drug-likeness (QED) is 0.258. The van der Waals surface area contributed by atoms with E-state index in [9.17, 15) is 14.7 Å². The van der Waals surface area contributed by atoms with Gasteiger partial charge < -0.3 is 9.84 Å². The van der Waals surface area contributed by atoms with Gasteiger partial charge in [0.2, 0.25) is 0 Å². The molecule has 4 rings (SSSR count). The molecule has 2 aromatic carbocycles. The van der Waals surface area contributed by atoms with Gasteiger partial charge in [0.15, 0.2) is 5.69 Å². The lowest BCUT2D eigenvalue weighted by molar-refractivity contribution is 0.0522. The number of aryl methyl sites for hydroxylation is 2. The lowest BCUT2D eigenvalue weighted by atomic mass is 10.0. The zero-order valence-corrected chi connectivity index (χ0v) is 24.9. The molecule has 2 heterocycles. The number of ether oxygens (including phenoxy) is 1. The molecule has 0 saturated heterocycles. The van der Waals surface area contributed by atoms with Crippen molar-refractivity contribution in [1.82, 2.24) is 14.4 Å². The summed E-state index contributed by atoms with van der Waals surface area (Å²) in [5.41, 5.74) is 3.06. The van der Waals surface area contributed by atoms with Crippen molar-refractivity contribution in [2.75, 3.05) is 0 Å². The van der Waals surface area contributed by atoms with Gasteiger partial charge in [0.1, 0.15) is 11.1 Å². The molecule has 192 valence electrons. The fraction of sp³-hybridized carbons (Fsp3) is 0.385. The summed E-state index contributed by atoms with van der Waals surface area (Å²) in [6.45, 7) is 15.0. The highest BCUT2D eigenvalue weighted by Crippen LogP contribution is 2.42. The average molecular weight is 623 g/mol. The number of halogens is 2. The van der Waals surface area contributed by atoms with Crippen LogP contribution in [0.3, 0.4) is 0 Å². The molecule has 8 nitrogen and oxygen atoms in total. The Kier molecular flexibility index (Phi) is 7.56. The Morgan fingerprint density at radius 3 is 2.22 bits per heavy atom. The van der Waals surface area contributed by atoms with E-state index < -0.39 is 27.9 Å². The van der Waals surface area contributed by atoms with Gasteiger partial charge in [-0.2, -0.15) is 14.6 Å². The molecule has 1 amide bonds. The molecule has 3 aromatic rings. The molecule has 0 fully saturated rings. The van der Waals surface area contributed by atoms with Crippen LogP contribution in [0.4, 0.5) is 15.3 Å². The van der Waals surface area contributed by atoms with Crippen LogP contribution in [0.2, 0.25) is 0 Å². The van der Waals surface area contributed by atoms with Crippen molar-refractivity contribution in [2.45, 2.75) is 66.5 Å². The fourth-order valence-corrected chi connectivity index (χ4v) is 4.66. The van der Waals surface area contributed by atoms with E-state index in [1.54, 1.807) is 6.21 Å². The van der Waals surface area contributed by atoms with Crippen LogP contribution in [-0.2, 0) is 4.74 Å². The van der Waals surface area contributed by atoms with Crippen LogP contribution in [0.5, 0.6) is 0 Å². The van der Waals surface area contributed by atoms with Crippen molar-refractivity contribution in [3.8, 4) is 0 Å². The molecule has 0 radical (unpaired) electrons. The number of carboxylic acid groups (broad SMARTS) is 1. The van der Waals surface area contributed by atoms with E-state index in [0.29, 0.717) is 0 Å². The molecular weight excluding hydrogens is 592 g/mol. The van der Waals surface area contributed by atoms with Gasteiger partial charge in [-0.1, -0.05) is 41.6 Å². The number of nitrogens with zero attached hydrogens (tertiary/aromatic N) is 4. The monoisotopic (exact) mass is 621 g/mol. The van der Waals surface area contributed by atoms with Crippen LogP contribution < -0.4 is 4.59 Å². The second-order valence-corrected chi connectivity index (χ2v) is 12.4. The Balaban J connectivity index is 0.000000201. The van der Waals surface area contributed by atoms with E-state index in [0.717, 1.165) is 42.4 Å². The number of quaternary nitrogens is 1. The Bertz CT molecular complexity index is 1380. The molecule has 10 heteroatoms. The molecule has 0 spiro atoms. The second kappa shape index (κ2) is 9.72. The van der Waals surface area contributed by atoms with E-state index in [1.165, 1.54) is 4.68 Å². The molecule has 36 heavy (non-hydrogen) atoms. The predicted molar refractivity (Wildman–Crippen MR) is 150 cm³/mol. The first-order valence-corrected chi connectivity index (χ1v) is 12.9. The summed E-state index contributed by atoms with van der Waals surface area (Å²) >= 11 is 6.87. The van der Waals surface area contributed by atoms with E-state index in [2.05, 4.69) is 42.1 Å². The summed E-state index contributed by atoms with van der Waals surface area (Å²) in [6, 6.07) is 9.49. The van der Waals surface area contributed by atoms with Crippen LogP contribution in [-0.4, -0.2) is 44.4 Å². The van der Waals surface area contributed by atoms with Gasteiger partial charge in [-0.15, -0.1) is 0 Å². The van der Waals surface area contributed by atoms with Gasteiger partial charge in [-0.05, 0) is 85.2 Å². The van der Waals surface area contributed by atoms with Crippen molar-refractivity contribution in [3.05, 3.63) is 56.1 Å². The molecule has 1 aliphatic rings. The number of carbonyl (C=O) groups is 2. The highest BCUT2D eigenvalue weighted by molar-refractivity contribution is 9.10. The Hall–Kier alpha value is -2.56. The third-order valence-corrected chi connectivity index (χ3v) is 7.01. The third-order valence-electron chi connectivity index (χ3n) is 5.67. The van der Waals surface area contributed by atoms with Gasteiger partial charge in [0.25, 0.3) is 0 Å². The van der Waals surface area contributed by atoms with Gasteiger partial charge >= 0.3 is 12.2 Å². The largest absolute Gasteiger partial charge is 0.546 e. The number of fused-ring (bicyclic) bond motifs is 2. The molecule has 0 aliphatic carbocycles. The van der Waals surface area contributed by atoms with Crippen molar-refractivity contribution in [1.29, 1.82) is 0 Å². The number of aromatic nitrogens is 2. The molecule has 1 aromatic heterocycles. The van der Waals surface area contributed by atoms with Crippen LogP contribution in [0.15, 0.2) is 44.4 Å². The smallest absolute Gasteiger partial charge is 0.442 e. The second-order valence-electron chi connectivity index (χ2n) is 10.6. The zero-order chi connectivity index (χ0) is 27.2.